The SMILES string of the molecule is CC1CCC(C(C)C)C(OP(=O)(OC2CC(C)CCC2C(C)C)C(O)c2ccc(Cl)cc2)C1. The molecule has 0 heterocycles. The lowest BCUT2D eigenvalue weighted by molar-refractivity contribution is -0.0153. The van der Waals surface area contributed by atoms with E-state index >= 15 is 0 Å². The van der Waals surface area contributed by atoms with Crippen LogP contribution < -0.4 is 0 Å². The molecule has 7 unspecified atom stereocenters. The van der Waals surface area contributed by atoms with Gasteiger partial charge in [0.05, 0.1) is 12.2 Å². The zero-order chi connectivity index (χ0) is 24.3. The second-order valence-corrected chi connectivity index (χ2v) is 13.8. The minimum atomic E-state index is -3.88. The summed E-state index contributed by atoms with van der Waals surface area (Å²) in [6.07, 6.45) is 5.74. The topological polar surface area (TPSA) is 55.8 Å². The average molecular weight is 499 g/mol. The standard InChI is InChI=1S/C27H44ClO4P/c1-17(2)23-13-7-19(5)15-25(23)31-33(30,27(29)21-9-11-22(28)12-10-21)32-26-16-20(6)8-14-24(26)18(3)4/h9-12,17-20,23-27,29H,7-8,13-16H2,1-6H3. The van der Waals surface area contributed by atoms with Gasteiger partial charge in [0.2, 0.25) is 0 Å². The van der Waals surface area contributed by atoms with Gasteiger partial charge in [-0.25, -0.2) is 0 Å². The molecule has 1 N–H and O–H groups in total. The maximum Gasteiger partial charge on any atom is 0.363 e. The maximum absolute atomic E-state index is 14.6. The van der Waals surface area contributed by atoms with Crippen molar-refractivity contribution in [3.63, 3.8) is 0 Å². The minimum absolute atomic E-state index is 0.181. The van der Waals surface area contributed by atoms with Crippen LogP contribution >= 0.6 is 19.2 Å². The Kier molecular flexibility index (Phi) is 9.54. The van der Waals surface area contributed by atoms with Crippen LogP contribution in [0.3, 0.4) is 0 Å². The van der Waals surface area contributed by atoms with Crippen molar-refractivity contribution in [3.05, 3.63) is 34.9 Å². The van der Waals surface area contributed by atoms with Crippen LogP contribution in [-0.2, 0) is 13.6 Å². The molecular weight excluding hydrogens is 455 g/mol. The van der Waals surface area contributed by atoms with E-state index in [2.05, 4.69) is 41.5 Å². The van der Waals surface area contributed by atoms with Crippen molar-refractivity contribution < 1.29 is 18.7 Å². The molecule has 0 spiro atoms. The third kappa shape index (κ3) is 6.85. The van der Waals surface area contributed by atoms with Crippen molar-refractivity contribution in [3.8, 4) is 0 Å². The first kappa shape index (κ1) is 27.2. The summed E-state index contributed by atoms with van der Waals surface area (Å²) in [5.41, 5.74) is 0.526. The summed E-state index contributed by atoms with van der Waals surface area (Å²) in [6, 6.07) is 6.87. The molecule has 188 valence electrons. The zero-order valence-corrected chi connectivity index (χ0v) is 22.9. The third-order valence-electron chi connectivity index (χ3n) is 7.95. The van der Waals surface area contributed by atoms with Crippen LogP contribution in [0.2, 0.25) is 5.02 Å². The summed E-state index contributed by atoms with van der Waals surface area (Å²) in [5.74, 6) is 1.13. The van der Waals surface area contributed by atoms with Crippen molar-refractivity contribution in [2.45, 2.75) is 98.1 Å². The van der Waals surface area contributed by atoms with E-state index < -0.39 is 13.4 Å². The number of benzene rings is 1. The van der Waals surface area contributed by atoms with Crippen LogP contribution in [0.25, 0.3) is 0 Å². The number of hydrogen-bond donors (Lipinski definition) is 1. The Morgan fingerprint density at radius 1 is 0.848 bits per heavy atom. The molecule has 0 aromatic heterocycles. The Balaban J connectivity index is 1.94. The van der Waals surface area contributed by atoms with E-state index in [0.717, 1.165) is 38.5 Å². The molecule has 0 saturated heterocycles. The van der Waals surface area contributed by atoms with Crippen LogP contribution in [0.15, 0.2) is 24.3 Å². The van der Waals surface area contributed by atoms with Crippen molar-refractivity contribution in [2.24, 2.45) is 35.5 Å². The highest BCUT2D eigenvalue weighted by Crippen LogP contribution is 2.64. The smallest absolute Gasteiger partial charge is 0.363 e. The van der Waals surface area contributed by atoms with Gasteiger partial charge in [-0.1, -0.05) is 78.1 Å². The van der Waals surface area contributed by atoms with Gasteiger partial charge in [0.1, 0.15) is 0 Å². The molecule has 7 atom stereocenters. The summed E-state index contributed by atoms with van der Waals surface area (Å²) >= 11 is 6.07. The van der Waals surface area contributed by atoms with Crippen molar-refractivity contribution in [1.29, 1.82) is 0 Å². The molecule has 0 radical (unpaired) electrons. The fourth-order valence-electron chi connectivity index (χ4n) is 5.81. The summed E-state index contributed by atoms with van der Waals surface area (Å²) in [6.45, 7) is 13.3. The number of rotatable bonds is 8. The van der Waals surface area contributed by atoms with Crippen LogP contribution in [0, 0.1) is 35.5 Å². The second kappa shape index (κ2) is 11.6. The molecule has 3 rings (SSSR count). The van der Waals surface area contributed by atoms with Crippen LogP contribution in [0.4, 0.5) is 0 Å². The Labute approximate surface area is 206 Å². The van der Waals surface area contributed by atoms with Gasteiger partial charge in [-0.3, -0.25) is 4.57 Å². The molecule has 0 aliphatic heterocycles. The maximum atomic E-state index is 14.6. The first-order chi connectivity index (χ1) is 15.5. The van der Waals surface area contributed by atoms with Crippen molar-refractivity contribution in [2.75, 3.05) is 0 Å². The first-order valence-electron chi connectivity index (χ1n) is 12.9. The van der Waals surface area contributed by atoms with E-state index in [4.69, 9.17) is 20.6 Å². The van der Waals surface area contributed by atoms with Crippen LogP contribution in [0.5, 0.6) is 0 Å². The van der Waals surface area contributed by atoms with Crippen LogP contribution in [0.1, 0.15) is 91.5 Å². The number of aliphatic hydroxyl groups is 1. The fraction of sp³-hybridized carbons (Fsp3) is 0.778. The highest BCUT2D eigenvalue weighted by molar-refractivity contribution is 7.54. The molecule has 33 heavy (non-hydrogen) atoms. The molecule has 4 nitrogen and oxygen atoms in total. The second-order valence-electron chi connectivity index (χ2n) is 11.4. The molecule has 2 aliphatic rings. The lowest BCUT2D eigenvalue weighted by Crippen LogP contribution is -2.37. The molecule has 0 bridgehead atoms. The summed E-state index contributed by atoms with van der Waals surface area (Å²) in [5, 5.41) is 12.0. The van der Waals surface area contributed by atoms with E-state index in [1.165, 1.54) is 0 Å². The van der Waals surface area contributed by atoms with Gasteiger partial charge in [-0.2, -0.15) is 0 Å². The molecule has 6 heteroatoms. The fourth-order valence-corrected chi connectivity index (χ4v) is 7.99. The van der Waals surface area contributed by atoms with E-state index in [-0.39, 0.29) is 12.2 Å². The Bertz CT molecular complexity index is 758. The average Bonchev–Trinajstić information content (AvgIpc) is 2.73. The molecule has 0 amide bonds. The number of halogens is 1. The Hall–Kier alpha value is -0.380. The number of aliphatic hydroxyl groups excluding tert-OH is 1. The normalized spacial score (nSPS) is 33.8. The van der Waals surface area contributed by atoms with Gasteiger partial charge < -0.3 is 14.2 Å². The monoisotopic (exact) mass is 498 g/mol. The quantitative estimate of drug-likeness (QED) is 0.365. The molecule has 1 aromatic carbocycles. The molecule has 2 saturated carbocycles. The van der Waals surface area contributed by atoms with E-state index in [1.54, 1.807) is 24.3 Å². The molecular formula is C27H44ClO4P. The van der Waals surface area contributed by atoms with Gasteiger partial charge in [-0.05, 0) is 78.9 Å². The van der Waals surface area contributed by atoms with Crippen molar-refractivity contribution in [1.82, 2.24) is 0 Å². The summed E-state index contributed by atoms with van der Waals surface area (Å²) in [4.78, 5) is 0. The van der Waals surface area contributed by atoms with Crippen molar-refractivity contribution >= 4 is 19.2 Å². The predicted molar refractivity (Wildman–Crippen MR) is 136 cm³/mol. The van der Waals surface area contributed by atoms with Gasteiger partial charge >= 0.3 is 7.60 Å². The largest absolute Gasteiger partial charge is 0.376 e. The molecule has 2 fully saturated rings. The van der Waals surface area contributed by atoms with Gasteiger partial charge in [0.25, 0.3) is 0 Å². The van der Waals surface area contributed by atoms with Gasteiger partial charge in [0.15, 0.2) is 5.85 Å². The highest BCUT2D eigenvalue weighted by atomic mass is 35.5. The highest BCUT2D eigenvalue weighted by Gasteiger charge is 2.46. The summed E-state index contributed by atoms with van der Waals surface area (Å²) in [7, 11) is -3.88. The van der Waals surface area contributed by atoms with E-state index in [0.29, 0.717) is 46.1 Å². The molecule has 1 aromatic rings. The first-order valence-corrected chi connectivity index (χ1v) is 14.9. The lowest BCUT2D eigenvalue weighted by Gasteiger charge is -2.42. The van der Waals surface area contributed by atoms with Crippen LogP contribution in [-0.4, -0.2) is 17.3 Å². The van der Waals surface area contributed by atoms with Gasteiger partial charge in [0, 0.05) is 5.02 Å². The molecule has 2 aliphatic carbocycles. The van der Waals surface area contributed by atoms with Gasteiger partial charge in [-0.15, -0.1) is 0 Å². The Morgan fingerprint density at radius 3 is 1.67 bits per heavy atom. The van der Waals surface area contributed by atoms with E-state index in [1.807, 2.05) is 0 Å². The number of hydrogen-bond acceptors (Lipinski definition) is 4. The third-order valence-corrected chi connectivity index (χ3v) is 10.2. The Morgan fingerprint density at radius 2 is 1.27 bits per heavy atom. The van der Waals surface area contributed by atoms with E-state index in [9.17, 15) is 9.67 Å². The minimum Gasteiger partial charge on any atom is -0.376 e. The predicted octanol–water partition coefficient (Wildman–Crippen LogP) is 8.48. The lowest BCUT2D eigenvalue weighted by atomic mass is 9.75. The zero-order valence-electron chi connectivity index (χ0n) is 21.2. The summed E-state index contributed by atoms with van der Waals surface area (Å²) < 4.78 is 27.5.